The van der Waals surface area contributed by atoms with E-state index in [4.69, 9.17) is 4.52 Å². The standard InChI is InChI=1S/C19H25N3O2/c1-14(2)18-11-17(21-24-18)19(23)20-16-9-6-10-22(13-16)12-15-7-4-3-5-8-15/h3-5,7-8,11,14,16H,6,9-10,12-13H2,1-2H3,(H,20,23). The van der Waals surface area contributed by atoms with Gasteiger partial charge in [0.15, 0.2) is 5.69 Å². The minimum atomic E-state index is -0.141. The van der Waals surface area contributed by atoms with Crippen LogP contribution in [-0.4, -0.2) is 35.1 Å². The fourth-order valence-electron chi connectivity index (χ4n) is 3.09. The first-order valence-corrected chi connectivity index (χ1v) is 8.65. The first-order chi connectivity index (χ1) is 11.6. The number of piperidine rings is 1. The topological polar surface area (TPSA) is 58.4 Å². The minimum absolute atomic E-state index is 0.141. The lowest BCUT2D eigenvalue weighted by Gasteiger charge is -2.33. The number of carbonyl (C=O) groups excluding carboxylic acids is 1. The van der Waals surface area contributed by atoms with Gasteiger partial charge in [0, 0.05) is 31.1 Å². The molecule has 1 aromatic carbocycles. The number of aromatic nitrogens is 1. The zero-order valence-electron chi connectivity index (χ0n) is 14.4. The number of nitrogens with zero attached hydrogens (tertiary/aromatic N) is 2. The maximum atomic E-state index is 12.4. The summed E-state index contributed by atoms with van der Waals surface area (Å²) in [5.41, 5.74) is 1.68. The van der Waals surface area contributed by atoms with Crippen molar-refractivity contribution in [3.63, 3.8) is 0 Å². The Morgan fingerprint density at radius 3 is 2.88 bits per heavy atom. The second-order valence-corrected chi connectivity index (χ2v) is 6.80. The van der Waals surface area contributed by atoms with Crippen molar-refractivity contribution in [2.24, 2.45) is 0 Å². The van der Waals surface area contributed by atoms with E-state index in [9.17, 15) is 4.79 Å². The highest BCUT2D eigenvalue weighted by Crippen LogP contribution is 2.17. The number of benzene rings is 1. The molecule has 2 heterocycles. The van der Waals surface area contributed by atoms with Crippen LogP contribution in [0.2, 0.25) is 0 Å². The summed E-state index contributed by atoms with van der Waals surface area (Å²) in [6.45, 7) is 6.91. The maximum absolute atomic E-state index is 12.4. The molecule has 1 amide bonds. The predicted octanol–water partition coefficient (Wildman–Crippen LogP) is 3.19. The van der Waals surface area contributed by atoms with E-state index in [2.05, 4.69) is 39.6 Å². The van der Waals surface area contributed by atoms with Gasteiger partial charge in [0.1, 0.15) is 5.76 Å². The number of hydrogen-bond acceptors (Lipinski definition) is 4. The molecule has 0 spiro atoms. The average Bonchev–Trinajstić information content (AvgIpc) is 3.06. The van der Waals surface area contributed by atoms with E-state index in [1.807, 2.05) is 19.9 Å². The zero-order valence-corrected chi connectivity index (χ0v) is 14.4. The zero-order chi connectivity index (χ0) is 16.9. The molecule has 1 saturated heterocycles. The third-order valence-electron chi connectivity index (χ3n) is 4.42. The molecule has 0 radical (unpaired) electrons. The molecule has 24 heavy (non-hydrogen) atoms. The molecule has 1 aliphatic heterocycles. The Kier molecular flexibility index (Phi) is 5.30. The Balaban J connectivity index is 1.55. The van der Waals surface area contributed by atoms with Gasteiger partial charge in [0.2, 0.25) is 0 Å². The summed E-state index contributed by atoms with van der Waals surface area (Å²) in [4.78, 5) is 14.8. The molecule has 5 heteroatoms. The summed E-state index contributed by atoms with van der Waals surface area (Å²) < 4.78 is 5.22. The lowest BCUT2D eigenvalue weighted by Crippen LogP contribution is -2.47. The highest BCUT2D eigenvalue weighted by Gasteiger charge is 2.23. The number of hydrogen-bond donors (Lipinski definition) is 1. The minimum Gasteiger partial charge on any atom is -0.360 e. The van der Waals surface area contributed by atoms with Crippen molar-refractivity contribution in [3.05, 3.63) is 53.4 Å². The van der Waals surface area contributed by atoms with Gasteiger partial charge in [0.25, 0.3) is 5.91 Å². The van der Waals surface area contributed by atoms with Crippen molar-refractivity contribution in [3.8, 4) is 0 Å². The van der Waals surface area contributed by atoms with Crippen molar-refractivity contribution in [2.75, 3.05) is 13.1 Å². The van der Waals surface area contributed by atoms with Crippen molar-refractivity contribution >= 4 is 5.91 Å². The van der Waals surface area contributed by atoms with Gasteiger partial charge in [-0.1, -0.05) is 49.3 Å². The Hall–Kier alpha value is -2.14. The van der Waals surface area contributed by atoms with Crippen LogP contribution in [-0.2, 0) is 6.54 Å². The monoisotopic (exact) mass is 327 g/mol. The fraction of sp³-hybridized carbons (Fsp3) is 0.474. The quantitative estimate of drug-likeness (QED) is 0.916. The van der Waals surface area contributed by atoms with Crippen LogP contribution >= 0.6 is 0 Å². The summed E-state index contributed by atoms with van der Waals surface area (Å²) in [5.74, 6) is 0.835. The van der Waals surface area contributed by atoms with Crippen LogP contribution in [0.5, 0.6) is 0 Å². The molecular weight excluding hydrogens is 302 g/mol. The summed E-state index contributed by atoms with van der Waals surface area (Å²) in [6, 6.07) is 12.4. The maximum Gasteiger partial charge on any atom is 0.273 e. The normalized spacial score (nSPS) is 18.7. The Morgan fingerprint density at radius 1 is 1.38 bits per heavy atom. The summed E-state index contributed by atoms with van der Waals surface area (Å²) in [7, 11) is 0. The highest BCUT2D eigenvalue weighted by atomic mass is 16.5. The third-order valence-corrected chi connectivity index (χ3v) is 4.42. The Morgan fingerprint density at radius 2 is 2.17 bits per heavy atom. The van der Waals surface area contributed by atoms with Gasteiger partial charge in [-0.3, -0.25) is 9.69 Å². The molecule has 128 valence electrons. The van der Waals surface area contributed by atoms with Gasteiger partial charge in [-0.15, -0.1) is 0 Å². The van der Waals surface area contributed by atoms with E-state index in [1.165, 1.54) is 5.56 Å². The van der Waals surface area contributed by atoms with E-state index < -0.39 is 0 Å². The molecular formula is C19H25N3O2. The SMILES string of the molecule is CC(C)c1cc(C(=O)NC2CCCN(Cc3ccccc3)C2)no1. The van der Waals surface area contributed by atoms with E-state index in [-0.39, 0.29) is 17.9 Å². The van der Waals surface area contributed by atoms with E-state index >= 15 is 0 Å². The smallest absolute Gasteiger partial charge is 0.273 e. The van der Waals surface area contributed by atoms with E-state index in [0.717, 1.165) is 38.2 Å². The summed E-state index contributed by atoms with van der Waals surface area (Å²) in [5, 5.41) is 6.99. The first-order valence-electron chi connectivity index (χ1n) is 8.65. The second-order valence-electron chi connectivity index (χ2n) is 6.80. The molecule has 1 N–H and O–H groups in total. The number of rotatable bonds is 5. The van der Waals surface area contributed by atoms with Crippen LogP contribution in [0.4, 0.5) is 0 Å². The highest BCUT2D eigenvalue weighted by molar-refractivity contribution is 5.92. The largest absolute Gasteiger partial charge is 0.360 e. The van der Waals surface area contributed by atoms with E-state index in [0.29, 0.717) is 5.69 Å². The second kappa shape index (κ2) is 7.62. The molecule has 0 saturated carbocycles. The third kappa shape index (κ3) is 4.23. The Labute approximate surface area is 143 Å². The van der Waals surface area contributed by atoms with Gasteiger partial charge in [-0.05, 0) is 24.9 Å². The van der Waals surface area contributed by atoms with Crippen LogP contribution in [0.3, 0.4) is 0 Å². The van der Waals surface area contributed by atoms with Gasteiger partial charge >= 0.3 is 0 Å². The van der Waals surface area contributed by atoms with Gasteiger partial charge in [-0.2, -0.15) is 0 Å². The molecule has 0 aliphatic carbocycles. The van der Waals surface area contributed by atoms with Gasteiger partial charge < -0.3 is 9.84 Å². The molecule has 1 aromatic heterocycles. The van der Waals surface area contributed by atoms with Crippen molar-refractivity contribution in [1.82, 2.24) is 15.4 Å². The molecule has 3 rings (SSSR count). The number of carbonyl (C=O) groups is 1. The van der Waals surface area contributed by atoms with Crippen molar-refractivity contribution in [1.29, 1.82) is 0 Å². The van der Waals surface area contributed by atoms with Gasteiger partial charge in [-0.25, -0.2) is 0 Å². The van der Waals surface area contributed by atoms with Crippen molar-refractivity contribution in [2.45, 2.75) is 45.2 Å². The molecule has 5 nitrogen and oxygen atoms in total. The lowest BCUT2D eigenvalue weighted by molar-refractivity contribution is 0.0891. The van der Waals surface area contributed by atoms with Crippen LogP contribution in [0.1, 0.15) is 54.4 Å². The average molecular weight is 327 g/mol. The van der Waals surface area contributed by atoms with Crippen LogP contribution in [0, 0.1) is 0 Å². The van der Waals surface area contributed by atoms with Crippen LogP contribution in [0.15, 0.2) is 40.9 Å². The van der Waals surface area contributed by atoms with Crippen molar-refractivity contribution < 1.29 is 9.32 Å². The molecule has 0 bridgehead atoms. The van der Waals surface area contributed by atoms with Gasteiger partial charge in [0.05, 0.1) is 0 Å². The molecule has 1 fully saturated rings. The predicted molar refractivity (Wildman–Crippen MR) is 92.8 cm³/mol. The molecule has 2 aromatic rings. The van der Waals surface area contributed by atoms with E-state index in [1.54, 1.807) is 6.07 Å². The fourth-order valence-corrected chi connectivity index (χ4v) is 3.09. The lowest BCUT2D eigenvalue weighted by atomic mass is 10.0. The Bertz CT molecular complexity index is 666. The number of nitrogens with one attached hydrogen (secondary N) is 1. The number of amides is 1. The van der Waals surface area contributed by atoms with Crippen LogP contribution < -0.4 is 5.32 Å². The number of likely N-dealkylation sites (tertiary alicyclic amines) is 1. The molecule has 1 unspecified atom stereocenters. The molecule has 1 aliphatic rings. The first kappa shape index (κ1) is 16.7. The van der Waals surface area contributed by atoms with Crippen LogP contribution in [0.25, 0.3) is 0 Å². The summed E-state index contributed by atoms with van der Waals surface area (Å²) >= 11 is 0. The molecule has 1 atom stereocenters. The summed E-state index contributed by atoms with van der Waals surface area (Å²) in [6.07, 6.45) is 2.10.